The Kier molecular flexibility index (Phi) is 4.11. The molecule has 0 radical (unpaired) electrons. The summed E-state index contributed by atoms with van der Waals surface area (Å²) in [6.45, 7) is 0. The van der Waals surface area contributed by atoms with E-state index < -0.39 is 0 Å². The van der Waals surface area contributed by atoms with Gasteiger partial charge in [-0.05, 0) is 24.3 Å². The van der Waals surface area contributed by atoms with Gasteiger partial charge >= 0.3 is 0 Å². The zero-order valence-electron chi connectivity index (χ0n) is 13.4. The van der Waals surface area contributed by atoms with E-state index in [9.17, 15) is 4.79 Å². The molecule has 0 atom stereocenters. The number of aryl methyl sites for hydroxylation is 1. The summed E-state index contributed by atoms with van der Waals surface area (Å²) < 4.78 is 9.15. The number of benzene rings is 2. The number of fused-ring (bicyclic) bond motifs is 2. The zero-order valence-corrected chi connectivity index (χ0v) is 15.8. The van der Waals surface area contributed by atoms with Gasteiger partial charge in [0, 0.05) is 17.1 Å². The molecule has 0 aliphatic carbocycles. The number of thiazole rings is 1. The van der Waals surface area contributed by atoms with Crippen LogP contribution in [0.25, 0.3) is 20.3 Å². The summed E-state index contributed by atoms with van der Waals surface area (Å²) in [6.07, 6.45) is 0. The molecule has 0 saturated heterocycles. The fourth-order valence-electron chi connectivity index (χ4n) is 2.64. The van der Waals surface area contributed by atoms with E-state index in [2.05, 4.69) is 4.99 Å². The van der Waals surface area contributed by atoms with Crippen molar-refractivity contribution >= 4 is 60.5 Å². The van der Waals surface area contributed by atoms with Gasteiger partial charge in [-0.3, -0.25) is 4.79 Å². The number of rotatable bonds is 2. The molecule has 4 aromatic rings. The molecule has 0 aliphatic rings. The van der Waals surface area contributed by atoms with E-state index in [0.717, 1.165) is 26.1 Å². The molecule has 0 unspecified atom stereocenters. The lowest BCUT2D eigenvalue weighted by atomic mass is 10.2. The predicted octanol–water partition coefficient (Wildman–Crippen LogP) is 4.86. The minimum atomic E-state index is -0.319. The van der Waals surface area contributed by atoms with Crippen LogP contribution in [-0.2, 0) is 7.05 Å². The van der Waals surface area contributed by atoms with Crippen molar-refractivity contribution in [2.75, 3.05) is 7.11 Å². The summed E-state index contributed by atoms with van der Waals surface area (Å²) in [5, 5.41) is 1.36. The van der Waals surface area contributed by atoms with Gasteiger partial charge in [0.2, 0.25) is 0 Å². The Balaban J connectivity index is 1.84. The monoisotopic (exact) mass is 388 g/mol. The van der Waals surface area contributed by atoms with Gasteiger partial charge in [-0.1, -0.05) is 41.1 Å². The van der Waals surface area contributed by atoms with Crippen molar-refractivity contribution < 1.29 is 9.53 Å². The molecule has 126 valence electrons. The van der Waals surface area contributed by atoms with Crippen molar-refractivity contribution in [2.45, 2.75) is 0 Å². The molecule has 2 heterocycles. The SMILES string of the molecule is COc1ccc2c(c1)sc(=NC(=O)c1sc3ccccc3c1Cl)n2C. The molecule has 0 fully saturated rings. The summed E-state index contributed by atoms with van der Waals surface area (Å²) in [4.78, 5) is 18.1. The highest BCUT2D eigenvalue weighted by Gasteiger charge is 2.17. The number of hydrogen-bond acceptors (Lipinski definition) is 4. The summed E-state index contributed by atoms with van der Waals surface area (Å²) in [5.41, 5.74) is 1.000. The lowest BCUT2D eigenvalue weighted by Crippen LogP contribution is -2.12. The summed E-state index contributed by atoms with van der Waals surface area (Å²) >= 11 is 9.20. The molecule has 0 saturated carbocycles. The van der Waals surface area contributed by atoms with E-state index in [1.54, 1.807) is 7.11 Å². The highest BCUT2D eigenvalue weighted by atomic mass is 35.5. The first-order valence-electron chi connectivity index (χ1n) is 7.48. The average molecular weight is 389 g/mol. The van der Waals surface area contributed by atoms with E-state index in [0.29, 0.717) is 14.7 Å². The normalized spacial score (nSPS) is 12.2. The van der Waals surface area contributed by atoms with Gasteiger partial charge in [-0.2, -0.15) is 4.99 Å². The van der Waals surface area contributed by atoms with Crippen molar-refractivity contribution in [3.8, 4) is 5.75 Å². The second-order valence-electron chi connectivity index (χ2n) is 5.44. The van der Waals surface area contributed by atoms with Gasteiger partial charge in [-0.15, -0.1) is 11.3 Å². The van der Waals surface area contributed by atoms with Crippen LogP contribution in [-0.4, -0.2) is 17.6 Å². The third-order valence-corrected chi connectivity index (χ3v) is 6.70. The van der Waals surface area contributed by atoms with Crippen LogP contribution in [0.1, 0.15) is 9.67 Å². The first kappa shape index (κ1) is 16.3. The minimum Gasteiger partial charge on any atom is -0.497 e. The number of carbonyl (C=O) groups excluding carboxylic acids is 1. The number of carbonyl (C=O) groups is 1. The van der Waals surface area contributed by atoms with E-state index >= 15 is 0 Å². The maximum Gasteiger partial charge on any atom is 0.291 e. The second kappa shape index (κ2) is 6.29. The van der Waals surface area contributed by atoms with Gasteiger partial charge in [-0.25, -0.2) is 0 Å². The van der Waals surface area contributed by atoms with Crippen LogP contribution in [0.2, 0.25) is 5.02 Å². The second-order valence-corrected chi connectivity index (χ2v) is 7.87. The third kappa shape index (κ3) is 2.76. The Hall–Kier alpha value is -2.15. The lowest BCUT2D eigenvalue weighted by molar-refractivity contribution is 0.100. The van der Waals surface area contributed by atoms with E-state index in [-0.39, 0.29) is 5.91 Å². The van der Waals surface area contributed by atoms with Crippen molar-refractivity contribution in [1.29, 1.82) is 0 Å². The smallest absolute Gasteiger partial charge is 0.291 e. The number of aromatic nitrogens is 1. The standard InChI is InChI=1S/C18H13ClN2O2S2/c1-21-12-8-7-10(23-2)9-14(12)25-18(21)20-17(22)16-15(19)11-5-3-4-6-13(11)24-16/h3-9H,1-2H3. The van der Waals surface area contributed by atoms with Crippen molar-refractivity contribution in [2.24, 2.45) is 12.0 Å². The molecule has 0 aliphatic heterocycles. The molecule has 4 nitrogen and oxygen atoms in total. The summed E-state index contributed by atoms with van der Waals surface area (Å²) in [6, 6.07) is 13.5. The molecule has 2 aromatic heterocycles. The van der Waals surface area contributed by atoms with Gasteiger partial charge < -0.3 is 9.30 Å². The van der Waals surface area contributed by atoms with Crippen LogP contribution in [0.3, 0.4) is 0 Å². The van der Waals surface area contributed by atoms with Crippen molar-refractivity contribution in [3.63, 3.8) is 0 Å². The van der Waals surface area contributed by atoms with Crippen LogP contribution in [0.15, 0.2) is 47.5 Å². The lowest BCUT2D eigenvalue weighted by Gasteiger charge is -1.99. The third-order valence-electron chi connectivity index (χ3n) is 3.94. The fourth-order valence-corrected chi connectivity index (χ4v) is 5.08. The van der Waals surface area contributed by atoms with Crippen LogP contribution in [0.5, 0.6) is 5.75 Å². The number of amides is 1. The van der Waals surface area contributed by atoms with Gasteiger partial charge in [0.1, 0.15) is 10.6 Å². The molecule has 0 spiro atoms. The molecule has 4 rings (SSSR count). The molecule has 7 heteroatoms. The molecular weight excluding hydrogens is 376 g/mol. The van der Waals surface area contributed by atoms with Crippen LogP contribution >= 0.6 is 34.3 Å². The molecule has 0 bridgehead atoms. The van der Waals surface area contributed by atoms with Crippen molar-refractivity contribution in [3.05, 3.63) is 57.2 Å². The average Bonchev–Trinajstić information content (AvgIpc) is 3.12. The Morgan fingerprint density at radius 3 is 2.72 bits per heavy atom. The highest BCUT2D eigenvalue weighted by Crippen LogP contribution is 2.35. The van der Waals surface area contributed by atoms with Gasteiger partial charge in [0.15, 0.2) is 4.80 Å². The number of ether oxygens (including phenoxy) is 1. The maximum atomic E-state index is 12.7. The molecule has 2 aromatic carbocycles. The van der Waals surface area contributed by atoms with Crippen LogP contribution in [0, 0.1) is 0 Å². The number of thiophene rings is 1. The van der Waals surface area contributed by atoms with E-state index in [1.165, 1.54) is 22.7 Å². The fraction of sp³-hybridized carbons (Fsp3) is 0.111. The zero-order chi connectivity index (χ0) is 17.6. The number of methoxy groups -OCH3 is 1. The van der Waals surface area contributed by atoms with Crippen molar-refractivity contribution in [1.82, 2.24) is 4.57 Å². The largest absolute Gasteiger partial charge is 0.497 e. The van der Waals surface area contributed by atoms with Crippen LogP contribution in [0.4, 0.5) is 0 Å². The first-order valence-corrected chi connectivity index (χ1v) is 9.49. The maximum absolute atomic E-state index is 12.7. The van der Waals surface area contributed by atoms with Crippen LogP contribution < -0.4 is 9.54 Å². The molecular formula is C18H13ClN2O2S2. The number of nitrogens with zero attached hydrogens (tertiary/aromatic N) is 2. The Labute approximate surface area is 156 Å². The topological polar surface area (TPSA) is 43.6 Å². The summed E-state index contributed by atoms with van der Waals surface area (Å²) in [5.74, 6) is 0.458. The van der Waals surface area contributed by atoms with Gasteiger partial charge in [0.05, 0.1) is 22.3 Å². The summed E-state index contributed by atoms with van der Waals surface area (Å²) in [7, 11) is 3.52. The Morgan fingerprint density at radius 2 is 1.96 bits per heavy atom. The number of halogens is 1. The first-order chi connectivity index (χ1) is 12.1. The quantitative estimate of drug-likeness (QED) is 0.492. The van der Waals surface area contributed by atoms with Gasteiger partial charge in [0.25, 0.3) is 5.91 Å². The van der Waals surface area contributed by atoms with E-state index in [1.807, 2.05) is 54.1 Å². The molecule has 25 heavy (non-hydrogen) atoms. The number of hydrogen-bond donors (Lipinski definition) is 0. The molecule has 0 N–H and O–H groups in total. The minimum absolute atomic E-state index is 0.319. The Bertz CT molecular complexity index is 1190. The van der Waals surface area contributed by atoms with E-state index in [4.69, 9.17) is 16.3 Å². The molecule has 1 amide bonds. The predicted molar refractivity (Wildman–Crippen MR) is 104 cm³/mol. The Morgan fingerprint density at radius 1 is 1.16 bits per heavy atom. The highest BCUT2D eigenvalue weighted by molar-refractivity contribution is 7.21.